The third kappa shape index (κ3) is 1.40. The lowest BCUT2D eigenvalue weighted by Crippen LogP contribution is -2.35. The second-order valence-electron chi connectivity index (χ2n) is 4.39. The Morgan fingerprint density at radius 3 is 3.00 bits per heavy atom. The highest BCUT2D eigenvalue weighted by molar-refractivity contribution is 7.78. The Hall–Kier alpha value is -1.16. The van der Waals surface area contributed by atoms with E-state index in [9.17, 15) is 4.79 Å². The molecule has 0 radical (unpaired) electrons. The number of hydrogen-bond donors (Lipinski definition) is 1. The largest absolute Gasteiger partial charge is 0.366 e. The number of thiol groups is 1. The minimum atomic E-state index is 0.0216. The van der Waals surface area contributed by atoms with Gasteiger partial charge in [-0.25, -0.2) is 0 Å². The van der Waals surface area contributed by atoms with Crippen LogP contribution in [-0.2, 0) is 0 Å². The maximum Gasteiger partial charge on any atom is 0.265 e. The molecule has 0 N–H and O–H groups in total. The molecule has 1 atom stereocenters. The summed E-state index contributed by atoms with van der Waals surface area (Å²) >= 11 is 4.29. The van der Waals surface area contributed by atoms with Crippen LogP contribution >= 0.6 is 12.8 Å². The minimum Gasteiger partial charge on any atom is -0.366 e. The van der Waals surface area contributed by atoms with Crippen molar-refractivity contribution in [1.29, 1.82) is 0 Å². The molecule has 0 saturated carbocycles. The average Bonchev–Trinajstić information content (AvgIpc) is 2.72. The molecule has 16 heavy (non-hydrogen) atoms. The van der Waals surface area contributed by atoms with E-state index in [1.165, 1.54) is 6.42 Å². The lowest BCUT2D eigenvalue weighted by atomic mass is 10.1. The highest BCUT2D eigenvalue weighted by Crippen LogP contribution is 2.33. The summed E-state index contributed by atoms with van der Waals surface area (Å²) in [4.78, 5) is 14.4. The number of carbonyl (C=O) groups is 1. The monoisotopic (exact) mass is 234 g/mol. The first kappa shape index (κ1) is 10.0. The van der Waals surface area contributed by atoms with Gasteiger partial charge in [0.1, 0.15) is 0 Å². The number of anilines is 1. The van der Waals surface area contributed by atoms with E-state index < -0.39 is 0 Å². The fourth-order valence-electron chi connectivity index (χ4n) is 2.67. The van der Waals surface area contributed by atoms with Gasteiger partial charge >= 0.3 is 0 Å². The predicted octanol–water partition coefficient (Wildman–Crippen LogP) is 1.96. The van der Waals surface area contributed by atoms with E-state index in [4.69, 9.17) is 0 Å². The van der Waals surface area contributed by atoms with Crippen molar-refractivity contribution in [3.05, 3.63) is 29.8 Å². The molecule has 0 spiro atoms. The molecule has 2 aliphatic heterocycles. The second-order valence-corrected chi connectivity index (χ2v) is 4.88. The standard InChI is InChI=1S/C12H14N2OS/c15-12-10-5-1-2-6-11(10)13-7-3-4-9(13)8-14(12)16/h1-2,5-6,9,16H,3-4,7-8H2. The van der Waals surface area contributed by atoms with Crippen LogP contribution in [0.15, 0.2) is 24.3 Å². The maximum atomic E-state index is 12.1. The summed E-state index contributed by atoms with van der Waals surface area (Å²) in [5.41, 5.74) is 1.86. The Balaban J connectivity index is 2.13. The molecule has 3 rings (SSSR count). The molecular weight excluding hydrogens is 220 g/mol. The summed E-state index contributed by atoms with van der Waals surface area (Å²) in [6.07, 6.45) is 2.35. The number of benzene rings is 1. The van der Waals surface area contributed by atoms with Crippen molar-refractivity contribution in [2.45, 2.75) is 18.9 Å². The van der Waals surface area contributed by atoms with Crippen LogP contribution in [0.4, 0.5) is 5.69 Å². The van der Waals surface area contributed by atoms with Crippen LogP contribution in [0.3, 0.4) is 0 Å². The zero-order valence-corrected chi connectivity index (χ0v) is 9.86. The fourth-order valence-corrected chi connectivity index (χ4v) is 2.97. The quantitative estimate of drug-likeness (QED) is 0.694. The van der Waals surface area contributed by atoms with Crippen LogP contribution in [0.2, 0.25) is 0 Å². The topological polar surface area (TPSA) is 23.6 Å². The summed E-state index contributed by atoms with van der Waals surface area (Å²) in [5.74, 6) is 0.0216. The van der Waals surface area contributed by atoms with E-state index in [1.807, 2.05) is 24.3 Å². The van der Waals surface area contributed by atoms with Crippen LogP contribution in [-0.4, -0.2) is 29.3 Å². The minimum absolute atomic E-state index is 0.0216. The van der Waals surface area contributed by atoms with E-state index in [0.29, 0.717) is 6.04 Å². The average molecular weight is 234 g/mol. The molecule has 1 unspecified atom stereocenters. The maximum absolute atomic E-state index is 12.1. The summed E-state index contributed by atoms with van der Waals surface area (Å²) < 4.78 is 1.55. The molecule has 0 bridgehead atoms. The van der Waals surface area contributed by atoms with Crippen LogP contribution in [0.1, 0.15) is 23.2 Å². The molecule has 0 aromatic heterocycles. The number of para-hydroxylation sites is 1. The van der Waals surface area contributed by atoms with Crippen molar-refractivity contribution in [1.82, 2.24) is 4.31 Å². The van der Waals surface area contributed by atoms with Gasteiger partial charge in [-0.2, -0.15) is 0 Å². The molecule has 0 aliphatic carbocycles. The Kier molecular flexibility index (Phi) is 2.32. The van der Waals surface area contributed by atoms with Gasteiger partial charge in [0.05, 0.1) is 12.1 Å². The fraction of sp³-hybridized carbons (Fsp3) is 0.417. The van der Waals surface area contributed by atoms with Crippen LogP contribution in [0.5, 0.6) is 0 Å². The van der Waals surface area contributed by atoms with Gasteiger partial charge in [0.25, 0.3) is 5.91 Å². The molecule has 1 aromatic carbocycles. The van der Waals surface area contributed by atoms with Gasteiger partial charge in [-0.3, -0.25) is 9.10 Å². The molecule has 84 valence electrons. The molecule has 1 aromatic rings. The van der Waals surface area contributed by atoms with Gasteiger partial charge in [-0.05, 0) is 25.0 Å². The first-order chi connectivity index (χ1) is 7.77. The molecular formula is C12H14N2OS. The molecule has 1 amide bonds. The Labute approximate surface area is 101 Å². The number of rotatable bonds is 0. The molecule has 2 heterocycles. The van der Waals surface area contributed by atoms with Crippen molar-refractivity contribution in [3.63, 3.8) is 0 Å². The zero-order chi connectivity index (χ0) is 11.1. The SMILES string of the molecule is O=C1c2ccccc2N2CCCC2CN1S. The van der Waals surface area contributed by atoms with Crippen LogP contribution in [0, 0.1) is 0 Å². The summed E-state index contributed by atoms with van der Waals surface area (Å²) in [6, 6.07) is 8.27. The lowest BCUT2D eigenvalue weighted by Gasteiger charge is -2.25. The summed E-state index contributed by atoms with van der Waals surface area (Å²) in [5, 5.41) is 0. The summed E-state index contributed by atoms with van der Waals surface area (Å²) in [6.45, 7) is 1.77. The van der Waals surface area contributed by atoms with Crippen molar-refractivity contribution >= 4 is 24.4 Å². The Bertz CT molecular complexity index is 435. The first-order valence-electron chi connectivity index (χ1n) is 5.64. The number of carbonyl (C=O) groups excluding carboxylic acids is 1. The Morgan fingerprint density at radius 1 is 1.31 bits per heavy atom. The molecule has 1 saturated heterocycles. The highest BCUT2D eigenvalue weighted by Gasteiger charge is 2.33. The summed E-state index contributed by atoms with van der Waals surface area (Å²) in [7, 11) is 0. The van der Waals surface area contributed by atoms with E-state index >= 15 is 0 Å². The normalized spacial score (nSPS) is 24.1. The van der Waals surface area contributed by atoms with E-state index in [2.05, 4.69) is 17.7 Å². The third-order valence-corrected chi connectivity index (χ3v) is 3.78. The third-order valence-electron chi connectivity index (χ3n) is 3.44. The molecule has 1 fully saturated rings. The van der Waals surface area contributed by atoms with E-state index in [1.54, 1.807) is 4.31 Å². The lowest BCUT2D eigenvalue weighted by molar-refractivity contribution is 0.0875. The van der Waals surface area contributed by atoms with Crippen LogP contribution in [0.25, 0.3) is 0 Å². The van der Waals surface area contributed by atoms with E-state index in [0.717, 1.165) is 30.8 Å². The Morgan fingerprint density at radius 2 is 2.12 bits per heavy atom. The second kappa shape index (κ2) is 3.70. The van der Waals surface area contributed by atoms with Gasteiger partial charge in [-0.15, -0.1) is 0 Å². The van der Waals surface area contributed by atoms with Gasteiger partial charge in [0.15, 0.2) is 0 Å². The van der Waals surface area contributed by atoms with E-state index in [-0.39, 0.29) is 5.91 Å². The number of amides is 1. The van der Waals surface area contributed by atoms with Crippen molar-refractivity contribution in [2.75, 3.05) is 18.0 Å². The molecule has 2 aliphatic rings. The molecule has 4 heteroatoms. The van der Waals surface area contributed by atoms with Gasteiger partial charge < -0.3 is 4.90 Å². The van der Waals surface area contributed by atoms with Crippen molar-refractivity contribution < 1.29 is 4.79 Å². The van der Waals surface area contributed by atoms with Gasteiger partial charge in [0, 0.05) is 18.3 Å². The van der Waals surface area contributed by atoms with Crippen molar-refractivity contribution in [2.24, 2.45) is 0 Å². The van der Waals surface area contributed by atoms with Crippen molar-refractivity contribution in [3.8, 4) is 0 Å². The molecule has 3 nitrogen and oxygen atoms in total. The number of nitrogens with zero attached hydrogens (tertiary/aromatic N) is 2. The highest BCUT2D eigenvalue weighted by atomic mass is 32.1. The van der Waals surface area contributed by atoms with Crippen LogP contribution < -0.4 is 4.90 Å². The predicted molar refractivity (Wildman–Crippen MR) is 66.8 cm³/mol. The van der Waals surface area contributed by atoms with Gasteiger partial charge in [-0.1, -0.05) is 24.9 Å². The first-order valence-corrected chi connectivity index (χ1v) is 6.04. The smallest absolute Gasteiger partial charge is 0.265 e. The number of fused-ring (bicyclic) bond motifs is 3. The number of hydrogen-bond acceptors (Lipinski definition) is 3. The zero-order valence-electron chi connectivity index (χ0n) is 8.97. The van der Waals surface area contributed by atoms with Gasteiger partial charge in [0.2, 0.25) is 0 Å².